The van der Waals surface area contributed by atoms with Gasteiger partial charge in [0.2, 0.25) is 5.91 Å². The molecule has 0 radical (unpaired) electrons. The van der Waals surface area contributed by atoms with Crippen molar-refractivity contribution in [2.45, 2.75) is 18.9 Å². The number of nitrogens with one attached hydrogen (secondary N) is 1. The predicted molar refractivity (Wildman–Crippen MR) is 83.9 cm³/mol. The van der Waals surface area contributed by atoms with Crippen LogP contribution in [0.2, 0.25) is 0 Å². The van der Waals surface area contributed by atoms with Gasteiger partial charge in [-0.25, -0.2) is 0 Å². The minimum Gasteiger partial charge on any atom is -0.494 e. The zero-order valence-corrected chi connectivity index (χ0v) is 12.9. The van der Waals surface area contributed by atoms with Crippen LogP contribution in [0.4, 0.5) is 0 Å². The summed E-state index contributed by atoms with van der Waals surface area (Å²) in [7, 11) is 0. The normalized spacial score (nSPS) is 25.4. The Hall–Kier alpha value is -1.59. The number of amides is 1. The maximum absolute atomic E-state index is 11.9. The molecule has 0 spiro atoms. The highest BCUT2D eigenvalue weighted by Gasteiger charge is 2.32. The lowest BCUT2D eigenvalue weighted by Gasteiger charge is -2.27. The van der Waals surface area contributed by atoms with E-state index in [2.05, 4.69) is 10.2 Å². The van der Waals surface area contributed by atoms with E-state index < -0.39 is 0 Å². The number of benzene rings is 1. The molecule has 2 saturated heterocycles. The van der Waals surface area contributed by atoms with Crippen molar-refractivity contribution in [1.82, 2.24) is 10.2 Å². The van der Waals surface area contributed by atoms with Crippen LogP contribution in [0, 0.1) is 5.92 Å². The Kier molecular flexibility index (Phi) is 5.29. The SMILES string of the molecule is O=C1N[C@@H]2COC[C@H]1CN(CCCCOc1ccccc1)C2. The summed E-state index contributed by atoms with van der Waals surface area (Å²) >= 11 is 0. The number of para-hydroxylation sites is 1. The molecule has 2 atom stereocenters. The van der Waals surface area contributed by atoms with Crippen LogP contribution < -0.4 is 10.1 Å². The van der Waals surface area contributed by atoms with Gasteiger partial charge in [0, 0.05) is 13.1 Å². The van der Waals surface area contributed by atoms with Gasteiger partial charge < -0.3 is 19.7 Å². The van der Waals surface area contributed by atoms with E-state index in [0.29, 0.717) is 13.2 Å². The third kappa shape index (κ3) is 4.21. The van der Waals surface area contributed by atoms with E-state index in [1.165, 1.54) is 0 Å². The average Bonchev–Trinajstić information content (AvgIpc) is 2.76. The molecule has 1 aromatic carbocycles. The smallest absolute Gasteiger partial charge is 0.227 e. The second-order valence-corrected chi connectivity index (χ2v) is 6.07. The van der Waals surface area contributed by atoms with Crippen molar-refractivity contribution < 1.29 is 14.3 Å². The molecule has 2 aliphatic heterocycles. The van der Waals surface area contributed by atoms with Gasteiger partial charge in [0.25, 0.3) is 0 Å². The van der Waals surface area contributed by atoms with Gasteiger partial charge in [0.15, 0.2) is 0 Å². The Morgan fingerprint density at radius 2 is 2.05 bits per heavy atom. The summed E-state index contributed by atoms with van der Waals surface area (Å²) in [6.45, 7) is 4.64. The second kappa shape index (κ2) is 7.61. The molecule has 120 valence electrons. The number of hydrogen-bond donors (Lipinski definition) is 1. The molecule has 0 saturated carbocycles. The molecule has 0 unspecified atom stereocenters. The van der Waals surface area contributed by atoms with Gasteiger partial charge in [-0.05, 0) is 31.5 Å². The van der Waals surface area contributed by atoms with E-state index in [-0.39, 0.29) is 17.9 Å². The molecule has 5 nitrogen and oxygen atoms in total. The topological polar surface area (TPSA) is 50.8 Å². The van der Waals surface area contributed by atoms with Crippen LogP contribution in [0.1, 0.15) is 12.8 Å². The third-order valence-electron chi connectivity index (χ3n) is 4.19. The highest BCUT2D eigenvalue weighted by molar-refractivity contribution is 5.79. The molecule has 1 N–H and O–H groups in total. The van der Waals surface area contributed by atoms with Gasteiger partial charge in [-0.15, -0.1) is 0 Å². The highest BCUT2D eigenvalue weighted by Crippen LogP contribution is 2.14. The number of carbonyl (C=O) groups excluding carboxylic acids is 1. The van der Waals surface area contributed by atoms with Crippen LogP contribution in [0.15, 0.2) is 30.3 Å². The zero-order chi connectivity index (χ0) is 15.2. The molecular weight excluding hydrogens is 280 g/mol. The summed E-state index contributed by atoms with van der Waals surface area (Å²) in [6.07, 6.45) is 2.11. The van der Waals surface area contributed by atoms with Crippen molar-refractivity contribution >= 4 is 5.91 Å². The van der Waals surface area contributed by atoms with Gasteiger partial charge >= 0.3 is 0 Å². The number of nitrogens with zero attached hydrogens (tertiary/aromatic N) is 1. The number of carbonyl (C=O) groups is 1. The Morgan fingerprint density at radius 3 is 2.91 bits per heavy atom. The van der Waals surface area contributed by atoms with Gasteiger partial charge in [-0.1, -0.05) is 18.2 Å². The fourth-order valence-corrected chi connectivity index (χ4v) is 3.05. The number of ether oxygens (including phenoxy) is 2. The molecule has 2 fully saturated rings. The third-order valence-corrected chi connectivity index (χ3v) is 4.19. The fourth-order valence-electron chi connectivity index (χ4n) is 3.05. The lowest BCUT2D eigenvalue weighted by molar-refractivity contribution is -0.125. The molecular formula is C17H24N2O3. The van der Waals surface area contributed by atoms with E-state index in [0.717, 1.165) is 44.8 Å². The van der Waals surface area contributed by atoms with Crippen LogP contribution in [0.25, 0.3) is 0 Å². The van der Waals surface area contributed by atoms with Gasteiger partial charge in [0.1, 0.15) is 5.75 Å². The van der Waals surface area contributed by atoms with Crippen molar-refractivity contribution in [2.75, 3.05) is 39.5 Å². The molecule has 5 heteroatoms. The molecule has 2 bridgehead atoms. The lowest BCUT2D eigenvalue weighted by atomic mass is 10.1. The van der Waals surface area contributed by atoms with Gasteiger partial charge in [-0.2, -0.15) is 0 Å². The van der Waals surface area contributed by atoms with E-state index >= 15 is 0 Å². The Bertz CT molecular complexity index is 480. The number of fused-ring (bicyclic) bond motifs is 3. The second-order valence-electron chi connectivity index (χ2n) is 6.07. The molecule has 0 aliphatic carbocycles. The number of rotatable bonds is 6. The first-order valence-electron chi connectivity index (χ1n) is 8.09. The van der Waals surface area contributed by atoms with E-state index in [4.69, 9.17) is 9.47 Å². The monoisotopic (exact) mass is 304 g/mol. The predicted octanol–water partition coefficient (Wildman–Crippen LogP) is 1.29. The zero-order valence-electron chi connectivity index (χ0n) is 12.9. The molecule has 0 aromatic heterocycles. The van der Waals surface area contributed by atoms with Gasteiger partial charge in [-0.3, -0.25) is 4.79 Å². The molecule has 1 aromatic rings. The molecule has 22 heavy (non-hydrogen) atoms. The summed E-state index contributed by atoms with van der Waals surface area (Å²) in [5, 5.41) is 3.06. The largest absolute Gasteiger partial charge is 0.494 e. The maximum Gasteiger partial charge on any atom is 0.227 e. The standard InChI is InChI=1S/C17H24N2O3/c20-17-14-10-19(11-15(18-17)13-21-12-14)8-4-5-9-22-16-6-2-1-3-7-16/h1-3,6-7,14-15H,4-5,8-13H2,(H,18,20)/t14-,15+/m1/s1. The molecule has 2 aliphatic rings. The quantitative estimate of drug-likeness (QED) is 0.805. The van der Waals surface area contributed by atoms with E-state index in [1.807, 2.05) is 30.3 Å². The summed E-state index contributed by atoms with van der Waals surface area (Å²) in [5.74, 6) is 1.06. The highest BCUT2D eigenvalue weighted by atomic mass is 16.5. The minimum absolute atomic E-state index is 0.0203. The lowest BCUT2D eigenvalue weighted by Crippen LogP contribution is -2.42. The number of unbranched alkanes of at least 4 members (excludes halogenated alkanes) is 1. The van der Waals surface area contributed by atoms with Crippen LogP contribution in [0.3, 0.4) is 0 Å². The minimum atomic E-state index is -0.0203. The van der Waals surface area contributed by atoms with Crippen LogP contribution in [-0.4, -0.2) is 56.3 Å². The van der Waals surface area contributed by atoms with Crippen molar-refractivity contribution in [3.8, 4) is 5.75 Å². The van der Waals surface area contributed by atoms with Crippen LogP contribution in [0.5, 0.6) is 5.75 Å². The van der Waals surface area contributed by atoms with Crippen molar-refractivity contribution in [3.05, 3.63) is 30.3 Å². The van der Waals surface area contributed by atoms with Crippen molar-refractivity contribution in [1.29, 1.82) is 0 Å². The summed E-state index contributed by atoms with van der Waals surface area (Å²) in [5.41, 5.74) is 0. The van der Waals surface area contributed by atoms with Crippen LogP contribution in [-0.2, 0) is 9.53 Å². The Balaban J connectivity index is 1.38. The number of hydrogen-bond acceptors (Lipinski definition) is 4. The maximum atomic E-state index is 11.9. The molecule has 3 rings (SSSR count). The fraction of sp³-hybridized carbons (Fsp3) is 0.588. The first kappa shape index (κ1) is 15.3. The molecule has 1 amide bonds. The summed E-state index contributed by atoms with van der Waals surface area (Å²) < 4.78 is 11.2. The Labute approximate surface area is 131 Å². The first-order chi connectivity index (χ1) is 10.8. The average molecular weight is 304 g/mol. The van der Waals surface area contributed by atoms with E-state index in [1.54, 1.807) is 0 Å². The summed E-state index contributed by atoms with van der Waals surface area (Å²) in [6, 6.07) is 10.1. The van der Waals surface area contributed by atoms with Crippen LogP contribution >= 0.6 is 0 Å². The summed E-state index contributed by atoms with van der Waals surface area (Å²) in [4.78, 5) is 14.3. The van der Waals surface area contributed by atoms with Gasteiger partial charge in [0.05, 0.1) is 31.8 Å². The molecule has 2 heterocycles. The van der Waals surface area contributed by atoms with Crippen molar-refractivity contribution in [3.63, 3.8) is 0 Å². The van der Waals surface area contributed by atoms with E-state index in [9.17, 15) is 4.79 Å². The first-order valence-corrected chi connectivity index (χ1v) is 8.09. The van der Waals surface area contributed by atoms with Crippen molar-refractivity contribution in [2.24, 2.45) is 5.92 Å². The Morgan fingerprint density at radius 1 is 1.18 bits per heavy atom.